The summed E-state index contributed by atoms with van der Waals surface area (Å²) in [5.74, 6) is 2.02. The van der Waals surface area contributed by atoms with Crippen LogP contribution in [0, 0.1) is 5.92 Å². The number of benzene rings is 1. The molecule has 30 heavy (non-hydrogen) atoms. The predicted octanol–water partition coefficient (Wildman–Crippen LogP) is 3.39. The summed E-state index contributed by atoms with van der Waals surface area (Å²) in [6.45, 7) is 6.23. The number of imidazole rings is 1. The average molecular weight is 413 g/mol. The Labute approximate surface area is 180 Å². The number of hydrogen-bond donors (Lipinski definition) is 1. The number of morpholine rings is 1. The van der Waals surface area contributed by atoms with Crippen molar-refractivity contribution in [2.24, 2.45) is 5.92 Å². The molecular formula is C24H36N4O2. The van der Waals surface area contributed by atoms with E-state index in [2.05, 4.69) is 33.0 Å². The molecule has 2 aromatic rings. The van der Waals surface area contributed by atoms with E-state index in [0.29, 0.717) is 13.0 Å². The summed E-state index contributed by atoms with van der Waals surface area (Å²) in [4.78, 5) is 19.6. The van der Waals surface area contributed by atoms with Gasteiger partial charge in [0, 0.05) is 45.6 Å². The number of ether oxygens (including phenoxy) is 1. The molecule has 1 amide bonds. The van der Waals surface area contributed by atoms with Crippen LogP contribution in [0.25, 0.3) is 11.0 Å². The maximum Gasteiger partial charge on any atom is 0.220 e. The Morgan fingerprint density at radius 2 is 1.90 bits per heavy atom. The summed E-state index contributed by atoms with van der Waals surface area (Å²) >= 11 is 0. The molecule has 2 fully saturated rings. The molecule has 0 unspecified atom stereocenters. The number of carbonyl (C=O) groups is 1. The van der Waals surface area contributed by atoms with Crippen molar-refractivity contribution in [3.05, 3.63) is 30.1 Å². The summed E-state index contributed by atoms with van der Waals surface area (Å²) in [6.07, 6.45) is 9.14. The average Bonchev–Trinajstić information content (AvgIpc) is 3.15. The van der Waals surface area contributed by atoms with Crippen LogP contribution in [0.1, 0.15) is 50.8 Å². The number of para-hydroxylation sites is 2. The Bertz CT molecular complexity index is 807. The number of rotatable bonds is 9. The van der Waals surface area contributed by atoms with E-state index < -0.39 is 0 Å². The number of aromatic nitrogens is 2. The van der Waals surface area contributed by atoms with Gasteiger partial charge >= 0.3 is 0 Å². The quantitative estimate of drug-likeness (QED) is 0.686. The zero-order chi connectivity index (χ0) is 20.6. The molecule has 0 atom stereocenters. The molecule has 1 aliphatic heterocycles. The van der Waals surface area contributed by atoms with Crippen LogP contribution in [0.2, 0.25) is 0 Å². The SMILES string of the molecule is O=C(CCC1CCCCC1)NCCc1nc2ccccc2n1CCN1CCOCC1. The van der Waals surface area contributed by atoms with E-state index in [4.69, 9.17) is 9.72 Å². The lowest BCUT2D eigenvalue weighted by Gasteiger charge is -2.27. The van der Waals surface area contributed by atoms with Crippen molar-refractivity contribution in [1.29, 1.82) is 0 Å². The molecule has 6 heteroatoms. The molecule has 1 N–H and O–H groups in total. The number of carbonyl (C=O) groups excluding carboxylic acids is 1. The van der Waals surface area contributed by atoms with Crippen molar-refractivity contribution in [3.63, 3.8) is 0 Å². The van der Waals surface area contributed by atoms with Gasteiger partial charge < -0.3 is 14.6 Å². The van der Waals surface area contributed by atoms with E-state index in [1.807, 2.05) is 6.07 Å². The van der Waals surface area contributed by atoms with E-state index in [1.165, 1.54) is 37.6 Å². The van der Waals surface area contributed by atoms with Crippen molar-refractivity contribution in [2.75, 3.05) is 39.4 Å². The third-order valence-electron chi connectivity index (χ3n) is 6.65. The number of fused-ring (bicyclic) bond motifs is 1. The largest absolute Gasteiger partial charge is 0.379 e. The first-order valence-electron chi connectivity index (χ1n) is 11.8. The van der Waals surface area contributed by atoms with Gasteiger partial charge in [-0.3, -0.25) is 9.69 Å². The first kappa shape index (κ1) is 21.3. The van der Waals surface area contributed by atoms with Crippen molar-refractivity contribution in [3.8, 4) is 0 Å². The van der Waals surface area contributed by atoms with Crippen molar-refractivity contribution in [1.82, 2.24) is 19.8 Å². The molecule has 1 aromatic carbocycles. The van der Waals surface area contributed by atoms with E-state index in [-0.39, 0.29) is 5.91 Å². The smallest absolute Gasteiger partial charge is 0.220 e. The lowest BCUT2D eigenvalue weighted by molar-refractivity contribution is -0.121. The Hall–Kier alpha value is -1.92. The molecule has 1 saturated heterocycles. The highest BCUT2D eigenvalue weighted by Gasteiger charge is 2.16. The van der Waals surface area contributed by atoms with Gasteiger partial charge in [-0.25, -0.2) is 4.98 Å². The summed E-state index contributed by atoms with van der Waals surface area (Å²) in [5.41, 5.74) is 2.22. The van der Waals surface area contributed by atoms with E-state index in [9.17, 15) is 4.79 Å². The number of amides is 1. The van der Waals surface area contributed by atoms with E-state index >= 15 is 0 Å². The lowest BCUT2D eigenvalue weighted by atomic mass is 9.86. The summed E-state index contributed by atoms with van der Waals surface area (Å²) in [7, 11) is 0. The van der Waals surface area contributed by atoms with Crippen LogP contribution in [0.5, 0.6) is 0 Å². The van der Waals surface area contributed by atoms with Gasteiger partial charge in [-0.05, 0) is 24.5 Å². The second kappa shape index (κ2) is 10.9. The number of nitrogens with zero attached hydrogens (tertiary/aromatic N) is 3. The van der Waals surface area contributed by atoms with Crippen LogP contribution in [0.15, 0.2) is 24.3 Å². The van der Waals surface area contributed by atoms with Crippen LogP contribution in [-0.4, -0.2) is 59.8 Å². The fourth-order valence-electron chi connectivity index (χ4n) is 4.85. The van der Waals surface area contributed by atoms with Gasteiger partial charge in [-0.15, -0.1) is 0 Å². The molecule has 0 spiro atoms. The second-order valence-electron chi connectivity index (χ2n) is 8.77. The first-order valence-corrected chi connectivity index (χ1v) is 11.8. The number of hydrogen-bond acceptors (Lipinski definition) is 4. The minimum absolute atomic E-state index is 0.191. The molecule has 6 nitrogen and oxygen atoms in total. The third kappa shape index (κ3) is 5.82. The molecule has 164 valence electrons. The maximum absolute atomic E-state index is 12.3. The van der Waals surface area contributed by atoms with Crippen LogP contribution < -0.4 is 5.32 Å². The van der Waals surface area contributed by atoms with Crippen LogP contribution in [0.3, 0.4) is 0 Å². The fraction of sp³-hybridized carbons (Fsp3) is 0.667. The van der Waals surface area contributed by atoms with Gasteiger partial charge in [-0.1, -0.05) is 44.2 Å². The molecule has 2 heterocycles. The number of nitrogens with one attached hydrogen (secondary N) is 1. The fourth-order valence-corrected chi connectivity index (χ4v) is 4.85. The van der Waals surface area contributed by atoms with Gasteiger partial charge in [-0.2, -0.15) is 0 Å². The monoisotopic (exact) mass is 412 g/mol. The van der Waals surface area contributed by atoms with Crippen molar-refractivity contribution >= 4 is 16.9 Å². The van der Waals surface area contributed by atoms with Crippen molar-refractivity contribution < 1.29 is 9.53 Å². The highest BCUT2D eigenvalue weighted by molar-refractivity contribution is 5.76. The minimum atomic E-state index is 0.191. The van der Waals surface area contributed by atoms with Crippen LogP contribution in [0.4, 0.5) is 0 Å². The second-order valence-corrected chi connectivity index (χ2v) is 8.77. The molecular weight excluding hydrogens is 376 g/mol. The molecule has 4 rings (SSSR count). The summed E-state index contributed by atoms with van der Waals surface area (Å²) in [6, 6.07) is 8.34. The Kier molecular flexibility index (Phi) is 7.76. The highest BCUT2D eigenvalue weighted by atomic mass is 16.5. The van der Waals surface area contributed by atoms with Gasteiger partial charge in [0.2, 0.25) is 5.91 Å². The molecule has 2 aliphatic rings. The molecule has 0 bridgehead atoms. The third-order valence-corrected chi connectivity index (χ3v) is 6.65. The predicted molar refractivity (Wildman–Crippen MR) is 120 cm³/mol. The zero-order valence-electron chi connectivity index (χ0n) is 18.2. The molecule has 0 radical (unpaired) electrons. The van der Waals surface area contributed by atoms with Gasteiger partial charge in [0.1, 0.15) is 5.82 Å². The summed E-state index contributed by atoms with van der Waals surface area (Å²) < 4.78 is 7.80. The van der Waals surface area contributed by atoms with Gasteiger partial charge in [0.15, 0.2) is 0 Å². The Morgan fingerprint density at radius 1 is 1.10 bits per heavy atom. The lowest BCUT2D eigenvalue weighted by Crippen LogP contribution is -2.38. The van der Waals surface area contributed by atoms with Gasteiger partial charge in [0.05, 0.1) is 24.2 Å². The molecule has 1 aliphatic carbocycles. The summed E-state index contributed by atoms with van der Waals surface area (Å²) in [5, 5.41) is 3.13. The highest BCUT2D eigenvalue weighted by Crippen LogP contribution is 2.27. The Morgan fingerprint density at radius 3 is 2.73 bits per heavy atom. The minimum Gasteiger partial charge on any atom is -0.379 e. The van der Waals surface area contributed by atoms with E-state index in [1.54, 1.807) is 0 Å². The molecule has 1 saturated carbocycles. The zero-order valence-corrected chi connectivity index (χ0v) is 18.2. The standard InChI is InChI=1S/C24H36N4O2/c29-24(11-10-20-6-2-1-3-7-20)25-13-12-23-26-21-8-4-5-9-22(21)28(23)15-14-27-16-18-30-19-17-27/h4-5,8-9,20H,1-3,6-7,10-19H2,(H,25,29). The van der Waals surface area contributed by atoms with Crippen molar-refractivity contribution in [2.45, 2.75) is 57.9 Å². The normalized spacial score (nSPS) is 18.7. The van der Waals surface area contributed by atoms with Crippen LogP contribution in [-0.2, 0) is 22.5 Å². The van der Waals surface area contributed by atoms with E-state index in [0.717, 1.165) is 69.5 Å². The van der Waals surface area contributed by atoms with Crippen LogP contribution >= 0.6 is 0 Å². The first-order chi connectivity index (χ1) is 14.8. The Balaban J connectivity index is 1.29. The van der Waals surface area contributed by atoms with Gasteiger partial charge in [0.25, 0.3) is 0 Å². The topological polar surface area (TPSA) is 59.4 Å². The maximum atomic E-state index is 12.3. The molecule has 1 aromatic heterocycles.